The smallest absolute Gasteiger partial charge is 0.230 e. The third-order valence-electron chi connectivity index (χ3n) is 3.82. The Bertz CT molecular complexity index is 917. The Morgan fingerprint density at radius 1 is 1.21 bits per heavy atom. The van der Waals surface area contributed by atoms with E-state index < -0.39 is 0 Å². The van der Waals surface area contributed by atoms with E-state index in [4.69, 9.17) is 16.3 Å². The Balaban J connectivity index is 1.53. The molecule has 1 heterocycles. The number of nitrogens with zero attached hydrogens (tertiary/aromatic N) is 4. The Hall–Kier alpha value is -2.58. The van der Waals surface area contributed by atoms with Gasteiger partial charge in [-0.05, 0) is 53.6 Å². The van der Waals surface area contributed by atoms with Crippen molar-refractivity contribution in [3.05, 3.63) is 59.1 Å². The standard InChI is InChI=1S/C19H20ClN5O2S/c1-2-27-17-6-4-3-5-16(17)25-19(22-23-24-25)28-13-18(26)21-12-11-14-7-9-15(20)10-8-14/h3-10H,2,11-13H2,1H3,(H,21,26). The largest absolute Gasteiger partial charge is 0.492 e. The Kier molecular flexibility index (Phi) is 7.27. The van der Waals surface area contributed by atoms with Crippen LogP contribution in [0.4, 0.5) is 0 Å². The second kappa shape index (κ2) is 10.1. The number of para-hydroxylation sites is 2. The van der Waals surface area contributed by atoms with Gasteiger partial charge in [0.25, 0.3) is 0 Å². The van der Waals surface area contributed by atoms with Crippen molar-refractivity contribution in [3.8, 4) is 11.4 Å². The lowest BCUT2D eigenvalue weighted by Gasteiger charge is -2.10. The van der Waals surface area contributed by atoms with Crippen molar-refractivity contribution in [2.45, 2.75) is 18.5 Å². The lowest BCUT2D eigenvalue weighted by atomic mass is 10.1. The summed E-state index contributed by atoms with van der Waals surface area (Å²) in [6.45, 7) is 3.01. The van der Waals surface area contributed by atoms with Crippen molar-refractivity contribution in [1.82, 2.24) is 25.5 Å². The van der Waals surface area contributed by atoms with Gasteiger partial charge in [0.15, 0.2) is 0 Å². The van der Waals surface area contributed by atoms with Gasteiger partial charge in [-0.1, -0.05) is 47.6 Å². The second-order valence-electron chi connectivity index (χ2n) is 5.79. The van der Waals surface area contributed by atoms with Crippen molar-refractivity contribution in [2.24, 2.45) is 0 Å². The number of rotatable bonds is 9. The fourth-order valence-electron chi connectivity index (χ4n) is 2.51. The predicted molar refractivity (Wildman–Crippen MR) is 109 cm³/mol. The van der Waals surface area contributed by atoms with E-state index in [2.05, 4.69) is 20.8 Å². The van der Waals surface area contributed by atoms with Crippen LogP contribution in [-0.4, -0.2) is 45.0 Å². The third kappa shape index (κ3) is 5.46. The monoisotopic (exact) mass is 417 g/mol. The number of thioether (sulfide) groups is 1. The van der Waals surface area contributed by atoms with Crippen LogP contribution < -0.4 is 10.1 Å². The Morgan fingerprint density at radius 2 is 2.00 bits per heavy atom. The first-order chi connectivity index (χ1) is 13.7. The number of carbonyl (C=O) groups excluding carboxylic acids is 1. The van der Waals surface area contributed by atoms with Gasteiger partial charge in [0.1, 0.15) is 11.4 Å². The number of benzene rings is 2. The molecular weight excluding hydrogens is 398 g/mol. The van der Waals surface area contributed by atoms with Crippen LogP contribution >= 0.6 is 23.4 Å². The van der Waals surface area contributed by atoms with E-state index in [9.17, 15) is 4.79 Å². The van der Waals surface area contributed by atoms with Gasteiger partial charge in [-0.15, -0.1) is 5.10 Å². The molecule has 7 nitrogen and oxygen atoms in total. The van der Waals surface area contributed by atoms with Crippen LogP contribution in [0.1, 0.15) is 12.5 Å². The summed E-state index contributed by atoms with van der Waals surface area (Å²) in [5, 5.41) is 15.9. The highest BCUT2D eigenvalue weighted by Gasteiger charge is 2.14. The molecule has 28 heavy (non-hydrogen) atoms. The molecular formula is C19H20ClN5O2S. The van der Waals surface area contributed by atoms with Crippen LogP contribution in [0.3, 0.4) is 0 Å². The molecule has 0 atom stereocenters. The summed E-state index contributed by atoms with van der Waals surface area (Å²) in [6.07, 6.45) is 0.743. The first-order valence-electron chi connectivity index (χ1n) is 8.82. The fourth-order valence-corrected chi connectivity index (χ4v) is 3.35. The molecule has 1 amide bonds. The zero-order chi connectivity index (χ0) is 19.8. The van der Waals surface area contributed by atoms with E-state index in [1.807, 2.05) is 55.5 Å². The molecule has 2 aromatic carbocycles. The Morgan fingerprint density at radius 3 is 2.79 bits per heavy atom. The summed E-state index contributed by atoms with van der Waals surface area (Å²) in [7, 11) is 0. The number of hydrogen-bond acceptors (Lipinski definition) is 6. The minimum atomic E-state index is -0.0772. The van der Waals surface area contributed by atoms with E-state index in [1.54, 1.807) is 4.68 Å². The molecule has 3 rings (SSSR count). The van der Waals surface area contributed by atoms with Gasteiger partial charge in [-0.2, -0.15) is 4.68 Å². The summed E-state index contributed by atoms with van der Waals surface area (Å²) >= 11 is 7.15. The molecule has 0 fully saturated rings. The molecule has 146 valence electrons. The number of amides is 1. The van der Waals surface area contributed by atoms with Gasteiger partial charge in [0.05, 0.1) is 12.4 Å². The summed E-state index contributed by atoms with van der Waals surface area (Å²) in [6, 6.07) is 15.1. The average Bonchev–Trinajstić information content (AvgIpc) is 3.17. The maximum absolute atomic E-state index is 12.1. The van der Waals surface area contributed by atoms with Crippen LogP contribution in [0.2, 0.25) is 5.02 Å². The third-order valence-corrected chi connectivity index (χ3v) is 4.99. The Labute approximate surface area is 172 Å². The van der Waals surface area contributed by atoms with Gasteiger partial charge in [0.2, 0.25) is 11.1 Å². The van der Waals surface area contributed by atoms with Crippen molar-refractivity contribution < 1.29 is 9.53 Å². The minimum absolute atomic E-state index is 0.0772. The van der Waals surface area contributed by atoms with E-state index >= 15 is 0 Å². The maximum atomic E-state index is 12.1. The summed E-state index contributed by atoms with van der Waals surface area (Å²) in [5.74, 6) is 0.829. The quantitative estimate of drug-likeness (QED) is 0.538. The van der Waals surface area contributed by atoms with Gasteiger partial charge in [-0.3, -0.25) is 4.79 Å². The fraction of sp³-hybridized carbons (Fsp3) is 0.263. The maximum Gasteiger partial charge on any atom is 0.230 e. The van der Waals surface area contributed by atoms with Crippen molar-refractivity contribution in [3.63, 3.8) is 0 Å². The lowest BCUT2D eigenvalue weighted by molar-refractivity contribution is -0.118. The highest BCUT2D eigenvalue weighted by molar-refractivity contribution is 7.99. The highest BCUT2D eigenvalue weighted by atomic mass is 35.5. The first-order valence-corrected chi connectivity index (χ1v) is 10.2. The SMILES string of the molecule is CCOc1ccccc1-n1nnnc1SCC(=O)NCCc1ccc(Cl)cc1. The van der Waals surface area contributed by atoms with Crippen molar-refractivity contribution in [1.29, 1.82) is 0 Å². The molecule has 9 heteroatoms. The summed E-state index contributed by atoms with van der Waals surface area (Å²) in [4.78, 5) is 12.1. The van der Waals surface area contributed by atoms with Crippen LogP contribution in [0.25, 0.3) is 5.69 Å². The molecule has 0 saturated heterocycles. The number of halogens is 1. The molecule has 0 aliphatic carbocycles. The van der Waals surface area contributed by atoms with E-state index in [0.717, 1.165) is 17.7 Å². The molecule has 0 saturated carbocycles. The van der Waals surface area contributed by atoms with E-state index in [1.165, 1.54) is 11.8 Å². The molecule has 0 bridgehead atoms. The number of tetrazole rings is 1. The zero-order valence-corrected chi connectivity index (χ0v) is 16.9. The summed E-state index contributed by atoms with van der Waals surface area (Å²) < 4.78 is 7.21. The number of carbonyl (C=O) groups is 1. The number of ether oxygens (including phenoxy) is 1. The molecule has 1 N–H and O–H groups in total. The van der Waals surface area contributed by atoms with Crippen molar-refractivity contribution in [2.75, 3.05) is 18.9 Å². The van der Waals surface area contributed by atoms with Gasteiger partial charge < -0.3 is 10.1 Å². The predicted octanol–water partition coefficient (Wildman–Crippen LogP) is 3.17. The van der Waals surface area contributed by atoms with E-state index in [-0.39, 0.29) is 11.7 Å². The molecule has 0 aliphatic rings. The van der Waals surface area contributed by atoms with Crippen molar-refractivity contribution >= 4 is 29.3 Å². The van der Waals surface area contributed by atoms with Gasteiger partial charge >= 0.3 is 0 Å². The van der Waals surface area contributed by atoms with Crippen LogP contribution in [-0.2, 0) is 11.2 Å². The molecule has 0 spiro atoms. The highest BCUT2D eigenvalue weighted by Crippen LogP contribution is 2.25. The number of aromatic nitrogens is 4. The summed E-state index contributed by atoms with van der Waals surface area (Å²) in [5.41, 5.74) is 1.86. The number of nitrogens with one attached hydrogen (secondary N) is 1. The van der Waals surface area contributed by atoms with E-state index in [0.29, 0.717) is 29.1 Å². The molecule has 0 radical (unpaired) electrons. The molecule has 0 aliphatic heterocycles. The lowest BCUT2D eigenvalue weighted by Crippen LogP contribution is -2.27. The van der Waals surface area contributed by atoms with Crippen LogP contribution in [0.5, 0.6) is 5.75 Å². The average molecular weight is 418 g/mol. The molecule has 3 aromatic rings. The minimum Gasteiger partial charge on any atom is -0.492 e. The number of hydrogen-bond donors (Lipinski definition) is 1. The van der Waals surface area contributed by atoms with Crippen LogP contribution in [0, 0.1) is 0 Å². The van der Waals surface area contributed by atoms with Crippen LogP contribution in [0.15, 0.2) is 53.7 Å². The second-order valence-corrected chi connectivity index (χ2v) is 7.17. The zero-order valence-electron chi connectivity index (χ0n) is 15.3. The topological polar surface area (TPSA) is 81.9 Å². The normalized spacial score (nSPS) is 10.6. The molecule has 1 aromatic heterocycles. The first kappa shape index (κ1) is 20.2. The van der Waals surface area contributed by atoms with Gasteiger partial charge in [0, 0.05) is 11.6 Å². The molecule has 0 unspecified atom stereocenters. The van der Waals surface area contributed by atoms with Gasteiger partial charge in [-0.25, -0.2) is 0 Å².